The molecule has 0 radical (unpaired) electrons. The molecule has 2 aromatic rings. The van der Waals surface area contributed by atoms with Crippen LogP contribution in [0, 0.1) is 17.5 Å². The van der Waals surface area contributed by atoms with Crippen LogP contribution in [0.15, 0.2) is 36.4 Å². The summed E-state index contributed by atoms with van der Waals surface area (Å²) in [5, 5.41) is 3.13. The predicted molar refractivity (Wildman–Crippen MR) is 85.7 cm³/mol. The smallest absolute Gasteiger partial charge is 0.406 e. The van der Waals surface area contributed by atoms with Crippen molar-refractivity contribution in [3.8, 4) is 5.75 Å². The van der Waals surface area contributed by atoms with Crippen molar-refractivity contribution >= 4 is 0 Å². The third-order valence-corrected chi connectivity index (χ3v) is 4.28. The molecule has 9 heteroatoms. The number of nitrogens with zero attached hydrogens (tertiary/aromatic N) is 1. The van der Waals surface area contributed by atoms with Crippen LogP contribution in [0.5, 0.6) is 5.75 Å². The molecule has 1 N–H and O–H groups in total. The van der Waals surface area contributed by atoms with Crippen molar-refractivity contribution in [3.05, 3.63) is 65.0 Å². The zero-order valence-corrected chi connectivity index (χ0v) is 14.0. The summed E-state index contributed by atoms with van der Waals surface area (Å²) in [5.41, 5.74) is 0.358. The number of benzene rings is 2. The average Bonchev–Trinajstić information content (AvgIpc) is 2.61. The van der Waals surface area contributed by atoms with Crippen LogP contribution in [-0.2, 0) is 0 Å². The van der Waals surface area contributed by atoms with Gasteiger partial charge in [0.2, 0.25) is 0 Å². The van der Waals surface area contributed by atoms with Gasteiger partial charge < -0.3 is 10.1 Å². The lowest BCUT2D eigenvalue weighted by Gasteiger charge is -2.35. The number of hydrogen-bond donors (Lipinski definition) is 1. The normalized spacial score (nSPS) is 17.0. The van der Waals surface area contributed by atoms with Gasteiger partial charge in [-0.3, -0.25) is 4.90 Å². The summed E-state index contributed by atoms with van der Waals surface area (Å²) >= 11 is 0. The lowest BCUT2D eigenvalue weighted by atomic mass is 9.95. The minimum atomic E-state index is -4.83. The zero-order chi connectivity index (χ0) is 19.6. The van der Waals surface area contributed by atoms with Crippen molar-refractivity contribution in [2.24, 2.45) is 0 Å². The molecule has 0 amide bonds. The van der Waals surface area contributed by atoms with Crippen LogP contribution < -0.4 is 10.1 Å². The Morgan fingerprint density at radius 3 is 2.07 bits per heavy atom. The summed E-state index contributed by atoms with van der Waals surface area (Å²) in [7, 11) is 0. The van der Waals surface area contributed by atoms with Crippen molar-refractivity contribution < 1.29 is 31.1 Å². The van der Waals surface area contributed by atoms with Gasteiger partial charge in [-0.15, -0.1) is 13.2 Å². The number of ether oxygens (including phenoxy) is 1. The Hall–Kier alpha value is -2.26. The summed E-state index contributed by atoms with van der Waals surface area (Å²) in [6.45, 7) is 2.22. The van der Waals surface area contributed by atoms with E-state index < -0.39 is 35.6 Å². The van der Waals surface area contributed by atoms with E-state index in [0.29, 0.717) is 37.8 Å². The maximum atomic E-state index is 14.4. The maximum Gasteiger partial charge on any atom is 0.573 e. The monoisotopic (exact) mass is 390 g/mol. The van der Waals surface area contributed by atoms with Crippen LogP contribution in [0.1, 0.15) is 17.2 Å². The van der Waals surface area contributed by atoms with E-state index in [1.54, 1.807) is 0 Å². The van der Waals surface area contributed by atoms with E-state index in [1.807, 2.05) is 4.90 Å². The molecule has 1 saturated heterocycles. The molecule has 0 unspecified atom stereocenters. The van der Waals surface area contributed by atoms with Crippen LogP contribution in [-0.4, -0.2) is 37.4 Å². The largest absolute Gasteiger partial charge is 0.573 e. The highest BCUT2D eigenvalue weighted by molar-refractivity contribution is 5.37. The molecule has 0 spiro atoms. The standard InChI is InChI=1S/C18H16F6N2O/c19-14-10-16(21)15(20)9-13(14)17(26-7-5-25-6-8-26)11-1-3-12(4-2-11)27-18(22,23)24/h1-4,9-10,17,25H,5-8H2/t17-/m1/s1. The molecule has 1 atom stereocenters. The second-order valence-electron chi connectivity index (χ2n) is 6.09. The van der Waals surface area contributed by atoms with Crippen LogP contribution in [0.2, 0.25) is 0 Å². The van der Waals surface area contributed by atoms with E-state index in [0.717, 1.165) is 18.2 Å². The summed E-state index contributed by atoms with van der Waals surface area (Å²) in [5.74, 6) is -3.84. The van der Waals surface area contributed by atoms with E-state index in [1.165, 1.54) is 12.1 Å². The van der Waals surface area contributed by atoms with E-state index in [9.17, 15) is 26.3 Å². The van der Waals surface area contributed by atoms with Crippen LogP contribution in [0.25, 0.3) is 0 Å². The van der Waals surface area contributed by atoms with Gasteiger partial charge in [-0.1, -0.05) is 12.1 Å². The molecule has 0 aliphatic carbocycles. The molecule has 27 heavy (non-hydrogen) atoms. The maximum absolute atomic E-state index is 14.4. The molecular formula is C18H16F6N2O. The van der Waals surface area contributed by atoms with Crippen molar-refractivity contribution in [1.29, 1.82) is 0 Å². The highest BCUT2D eigenvalue weighted by atomic mass is 19.4. The van der Waals surface area contributed by atoms with E-state index in [2.05, 4.69) is 10.1 Å². The Morgan fingerprint density at radius 2 is 1.48 bits per heavy atom. The lowest BCUT2D eigenvalue weighted by Crippen LogP contribution is -2.45. The first-order valence-electron chi connectivity index (χ1n) is 8.19. The molecule has 2 aromatic carbocycles. The second-order valence-corrected chi connectivity index (χ2v) is 6.09. The van der Waals surface area contributed by atoms with Crippen molar-refractivity contribution in [2.75, 3.05) is 26.2 Å². The zero-order valence-electron chi connectivity index (χ0n) is 14.0. The predicted octanol–water partition coefficient (Wildman–Crippen LogP) is 4.00. The van der Waals surface area contributed by atoms with Gasteiger partial charge in [-0.25, -0.2) is 13.2 Å². The summed E-state index contributed by atoms with van der Waals surface area (Å²) in [6, 6.07) is 5.41. The number of halogens is 6. The highest BCUT2D eigenvalue weighted by Crippen LogP contribution is 2.33. The summed E-state index contributed by atoms with van der Waals surface area (Å²) < 4.78 is 82.3. The van der Waals surface area contributed by atoms with Gasteiger partial charge in [-0.2, -0.15) is 0 Å². The Kier molecular flexibility index (Phi) is 5.61. The van der Waals surface area contributed by atoms with Crippen molar-refractivity contribution in [3.63, 3.8) is 0 Å². The van der Waals surface area contributed by atoms with Gasteiger partial charge in [-0.05, 0) is 23.8 Å². The molecule has 3 nitrogen and oxygen atoms in total. The average molecular weight is 390 g/mol. The molecule has 3 rings (SSSR count). The Balaban J connectivity index is 1.99. The molecule has 0 saturated carbocycles. The van der Waals surface area contributed by atoms with Crippen LogP contribution in [0.3, 0.4) is 0 Å². The molecular weight excluding hydrogens is 374 g/mol. The number of rotatable bonds is 4. The van der Waals surface area contributed by atoms with Crippen molar-refractivity contribution in [1.82, 2.24) is 10.2 Å². The topological polar surface area (TPSA) is 24.5 Å². The molecule has 0 bridgehead atoms. The fourth-order valence-electron chi connectivity index (χ4n) is 3.13. The van der Waals surface area contributed by atoms with E-state index >= 15 is 0 Å². The van der Waals surface area contributed by atoms with E-state index in [-0.39, 0.29) is 5.56 Å². The van der Waals surface area contributed by atoms with Gasteiger partial charge >= 0.3 is 6.36 Å². The SMILES string of the molecule is Fc1cc(F)c([C@@H](c2ccc(OC(F)(F)F)cc2)N2CCNCC2)cc1F. The number of nitrogens with one attached hydrogen (secondary N) is 1. The van der Waals surface area contributed by atoms with Gasteiger partial charge in [0.05, 0.1) is 6.04 Å². The first kappa shape index (κ1) is 19.5. The number of hydrogen-bond acceptors (Lipinski definition) is 3. The van der Waals surface area contributed by atoms with Crippen LogP contribution in [0.4, 0.5) is 26.3 Å². The molecule has 1 aliphatic heterocycles. The van der Waals surface area contributed by atoms with Gasteiger partial charge in [0, 0.05) is 37.8 Å². The van der Waals surface area contributed by atoms with Gasteiger partial charge in [0.25, 0.3) is 0 Å². The quantitative estimate of drug-likeness (QED) is 0.631. The number of alkyl halides is 3. The van der Waals surface area contributed by atoms with E-state index in [4.69, 9.17) is 0 Å². The Labute approximate surface area is 151 Å². The minimum Gasteiger partial charge on any atom is -0.406 e. The molecule has 1 aliphatic rings. The first-order valence-corrected chi connectivity index (χ1v) is 8.19. The Morgan fingerprint density at radius 1 is 0.889 bits per heavy atom. The number of piperazine rings is 1. The second kappa shape index (κ2) is 7.77. The molecule has 146 valence electrons. The fraction of sp³-hybridized carbons (Fsp3) is 0.333. The van der Waals surface area contributed by atoms with Gasteiger partial charge in [0.15, 0.2) is 11.6 Å². The van der Waals surface area contributed by atoms with Gasteiger partial charge in [0.1, 0.15) is 11.6 Å². The first-order chi connectivity index (χ1) is 12.7. The third-order valence-electron chi connectivity index (χ3n) is 4.28. The molecule has 1 heterocycles. The molecule has 1 fully saturated rings. The van der Waals surface area contributed by atoms with Crippen molar-refractivity contribution in [2.45, 2.75) is 12.4 Å². The van der Waals surface area contributed by atoms with Crippen LogP contribution >= 0.6 is 0 Å². The summed E-state index contributed by atoms with van der Waals surface area (Å²) in [6.07, 6.45) is -4.83. The third kappa shape index (κ3) is 4.72. The summed E-state index contributed by atoms with van der Waals surface area (Å²) in [4.78, 5) is 1.85. The minimum absolute atomic E-state index is 0.0831. The Bertz CT molecular complexity index is 788. The molecule has 0 aromatic heterocycles. The fourth-order valence-corrected chi connectivity index (χ4v) is 3.13. The lowest BCUT2D eigenvalue weighted by molar-refractivity contribution is -0.274. The highest BCUT2D eigenvalue weighted by Gasteiger charge is 2.32.